The van der Waals surface area contributed by atoms with Gasteiger partial charge in [0.15, 0.2) is 0 Å². The van der Waals surface area contributed by atoms with Gasteiger partial charge in [0.05, 0.1) is 6.10 Å². The Morgan fingerprint density at radius 3 is 2.61 bits per heavy atom. The monoisotopic (exact) mass is 250 g/mol. The van der Waals surface area contributed by atoms with Crippen LogP contribution in [0.25, 0.3) is 0 Å². The van der Waals surface area contributed by atoms with Gasteiger partial charge in [-0.3, -0.25) is 0 Å². The van der Waals surface area contributed by atoms with E-state index in [0.29, 0.717) is 5.41 Å². The molecular formula is C17H30O. The number of allylic oxidation sites excluding steroid dienone is 1. The van der Waals surface area contributed by atoms with Gasteiger partial charge in [0, 0.05) is 0 Å². The Kier molecular flexibility index (Phi) is 3.92. The summed E-state index contributed by atoms with van der Waals surface area (Å²) >= 11 is 0. The molecule has 0 heterocycles. The van der Waals surface area contributed by atoms with Gasteiger partial charge >= 0.3 is 0 Å². The van der Waals surface area contributed by atoms with Gasteiger partial charge in [0.1, 0.15) is 0 Å². The predicted molar refractivity (Wildman–Crippen MR) is 77.3 cm³/mol. The van der Waals surface area contributed by atoms with Gasteiger partial charge in [-0.2, -0.15) is 0 Å². The van der Waals surface area contributed by atoms with E-state index in [9.17, 15) is 5.11 Å². The van der Waals surface area contributed by atoms with Gasteiger partial charge < -0.3 is 5.11 Å². The molecule has 104 valence electrons. The van der Waals surface area contributed by atoms with Crippen molar-refractivity contribution in [3.63, 3.8) is 0 Å². The molecule has 1 nitrogen and oxygen atoms in total. The Morgan fingerprint density at radius 1 is 1.44 bits per heavy atom. The van der Waals surface area contributed by atoms with Crippen LogP contribution in [0.5, 0.6) is 0 Å². The first-order chi connectivity index (χ1) is 8.37. The fourth-order valence-electron chi connectivity index (χ4n) is 4.58. The average Bonchev–Trinajstić information content (AvgIpc) is 2.31. The Bertz CT molecular complexity index is 331. The van der Waals surface area contributed by atoms with E-state index in [0.717, 1.165) is 23.7 Å². The smallest absolute Gasteiger partial charge is 0.0719 e. The van der Waals surface area contributed by atoms with Crippen LogP contribution in [0, 0.1) is 29.1 Å². The van der Waals surface area contributed by atoms with Crippen molar-refractivity contribution in [2.75, 3.05) is 0 Å². The third kappa shape index (κ3) is 2.39. The van der Waals surface area contributed by atoms with Gasteiger partial charge in [-0.25, -0.2) is 0 Å². The molecule has 3 rings (SSSR count). The molecule has 1 N–H and O–H groups in total. The van der Waals surface area contributed by atoms with Crippen molar-refractivity contribution in [1.82, 2.24) is 0 Å². The first-order valence-electron chi connectivity index (χ1n) is 7.73. The minimum atomic E-state index is -0.277. The molecule has 18 heavy (non-hydrogen) atoms. The van der Waals surface area contributed by atoms with Crippen LogP contribution >= 0.6 is 0 Å². The molecule has 1 heteroatoms. The second-order valence-corrected chi connectivity index (χ2v) is 7.28. The van der Waals surface area contributed by atoms with Crippen LogP contribution in [0.4, 0.5) is 0 Å². The highest BCUT2D eigenvalue weighted by Crippen LogP contribution is 2.58. The number of hydrogen-bond donors (Lipinski definition) is 1. The first-order valence-corrected chi connectivity index (χ1v) is 7.73. The molecule has 0 aliphatic heterocycles. The topological polar surface area (TPSA) is 20.2 Å². The molecule has 3 aliphatic rings. The van der Waals surface area contributed by atoms with E-state index in [4.69, 9.17) is 0 Å². The summed E-state index contributed by atoms with van der Waals surface area (Å²) in [7, 11) is 0. The zero-order valence-corrected chi connectivity index (χ0v) is 12.7. The summed E-state index contributed by atoms with van der Waals surface area (Å²) in [6.45, 7) is 11.3. The summed E-state index contributed by atoms with van der Waals surface area (Å²) in [6, 6.07) is 0. The minimum absolute atomic E-state index is 0.277. The number of hydrogen-bond acceptors (Lipinski definition) is 1. The number of rotatable bonds is 3. The first kappa shape index (κ1) is 14.1. The highest BCUT2D eigenvalue weighted by atomic mass is 16.3. The maximum Gasteiger partial charge on any atom is 0.0719 e. The molecule has 6 unspecified atom stereocenters. The van der Waals surface area contributed by atoms with Crippen LogP contribution in [-0.4, -0.2) is 11.2 Å². The van der Waals surface area contributed by atoms with E-state index in [1.807, 2.05) is 6.92 Å². The van der Waals surface area contributed by atoms with Gasteiger partial charge in [-0.05, 0) is 67.8 Å². The normalized spacial score (nSPS) is 46.2. The summed E-state index contributed by atoms with van der Waals surface area (Å²) in [5.74, 6) is 3.35. The van der Waals surface area contributed by atoms with E-state index in [-0.39, 0.29) is 6.10 Å². The van der Waals surface area contributed by atoms with Crippen molar-refractivity contribution >= 4 is 0 Å². The van der Waals surface area contributed by atoms with Crippen molar-refractivity contribution in [2.45, 2.75) is 66.4 Å². The quantitative estimate of drug-likeness (QED) is 0.736. The lowest BCUT2D eigenvalue weighted by molar-refractivity contribution is -0.0524. The predicted octanol–water partition coefficient (Wildman–Crippen LogP) is 4.41. The van der Waals surface area contributed by atoms with Crippen molar-refractivity contribution in [1.29, 1.82) is 0 Å². The van der Waals surface area contributed by atoms with Crippen LogP contribution in [0.2, 0.25) is 0 Å². The molecular weight excluding hydrogens is 220 g/mol. The Morgan fingerprint density at radius 2 is 2.11 bits per heavy atom. The fraction of sp³-hybridized carbons (Fsp3) is 0.882. The van der Waals surface area contributed by atoms with E-state index in [1.165, 1.54) is 31.3 Å². The molecule has 0 amide bonds. The number of aliphatic hydroxyl groups is 1. The molecule has 3 aliphatic carbocycles. The van der Waals surface area contributed by atoms with E-state index < -0.39 is 0 Å². The van der Waals surface area contributed by atoms with Crippen molar-refractivity contribution in [2.24, 2.45) is 29.1 Å². The van der Waals surface area contributed by atoms with Crippen LogP contribution in [0.3, 0.4) is 0 Å². The second kappa shape index (κ2) is 5.00. The molecule has 0 aromatic carbocycles. The number of aliphatic hydroxyl groups excluding tert-OH is 1. The Hall–Kier alpha value is -0.300. The third-order valence-electron chi connectivity index (χ3n) is 6.06. The van der Waals surface area contributed by atoms with Crippen LogP contribution in [0.1, 0.15) is 60.3 Å². The highest BCUT2D eigenvalue weighted by Gasteiger charge is 2.49. The summed E-state index contributed by atoms with van der Waals surface area (Å²) in [5.41, 5.74) is 1.74. The Balaban J connectivity index is 2.16. The van der Waals surface area contributed by atoms with E-state index >= 15 is 0 Å². The van der Waals surface area contributed by atoms with Crippen LogP contribution in [-0.2, 0) is 0 Å². The highest BCUT2D eigenvalue weighted by molar-refractivity contribution is 5.11. The lowest BCUT2D eigenvalue weighted by atomic mass is 9.49. The summed E-state index contributed by atoms with van der Waals surface area (Å²) in [6.07, 6.45) is 7.57. The van der Waals surface area contributed by atoms with Crippen molar-refractivity contribution in [3.05, 3.63) is 11.6 Å². The molecule has 0 radical (unpaired) electrons. The molecule has 2 bridgehead atoms. The van der Waals surface area contributed by atoms with Crippen LogP contribution in [0.15, 0.2) is 11.6 Å². The molecule has 0 spiro atoms. The summed E-state index contributed by atoms with van der Waals surface area (Å²) < 4.78 is 0. The zero-order chi connectivity index (χ0) is 13.5. The number of fused-ring (bicyclic) bond motifs is 3. The maximum atomic E-state index is 9.65. The molecule has 0 aromatic rings. The molecule has 0 saturated heterocycles. The fourth-order valence-corrected chi connectivity index (χ4v) is 4.58. The van der Waals surface area contributed by atoms with Crippen molar-refractivity contribution < 1.29 is 5.11 Å². The maximum absolute atomic E-state index is 9.65. The van der Waals surface area contributed by atoms with Crippen LogP contribution < -0.4 is 0 Å². The molecule has 3 fully saturated rings. The second-order valence-electron chi connectivity index (χ2n) is 7.28. The summed E-state index contributed by atoms with van der Waals surface area (Å²) in [4.78, 5) is 0. The van der Waals surface area contributed by atoms with E-state index in [2.05, 4.69) is 33.8 Å². The largest absolute Gasteiger partial charge is 0.389 e. The molecule has 3 saturated carbocycles. The third-order valence-corrected chi connectivity index (χ3v) is 6.06. The van der Waals surface area contributed by atoms with Gasteiger partial charge in [0.25, 0.3) is 0 Å². The van der Waals surface area contributed by atoms with Gasteiger partial charge in [-0.15, -0.1) is 0 Å². The SMILES string of the molecule is CCC1(C)CC2CC(C)C1CC2C=C(C)C(C)O. The van der Waals surface area contributed by atoms with Gasteiger partial charge in [-0.1, -0.05) is 33.3 Å². The lowest BCUT2D eigenvalue weighted by Crippen LogP contribution is -2.47. The summed E-state index contributed by atoms with van der Waals surface area (Å²) in [5, 5.41) is 9.65. The van der Waals surface area contributed by atoms with Gasteiger partial charge in [0.2, 0.25) is 0 Å². The Labute approximate surface area is 113 Å². The average molecular weight is 250 g/mol. The molecule has 6 atom stereocenters. The van der Waals surface area contributed by atoms with Crippen molar-refractivity contribution in [3.8, 4) is 0 Å². The standard InChI is InChI=1S/C17H30O/c1-6-17(5)10-15-8-12(3)16(17)9-14(15)7-11(2)13(4)18/h7,12-16,18H,6,8-10H2,1-5H3. The lowest BCUT2D eigenvalue weighted by Gasteiger charge is -2.56. The molecule has 0 aromatic heterocycles. The minimum Gasteiger partial charge on any atom is -0.389 e. The van der Waals surface area contributed by atoms with E-state index in [1.54, 1.807) is 0 Å². The zero-order valence-electron chi connectivity index (χ0n) is 12.7.